The lowest BCUT2D eigenvalue weighted by molar-refractivity contribution is 0.0959. The van der Waals surface area contributed by atoms with Gasteiger partial charge in [0.05, 0.1) is 16.2 Å². The van der Waals surface area contributed by atoms with Gasteiger partial charge in [-0.2, -0.15) is 8.42 Å². The van der Waals surface area contributed by atoms with Gasteiger partial charge in [-0.25, -0.2) is 4.79 Å². The molecule has 0 atom stereocenters. The number of nitrogens with one attached hydrogen (secondary N) is 3. The molecule has 0 saturated heterocycles. The van der Waals surface area contributed by atoms with Crippen LogP contribution in [0.25, 0.3) is 10.9 Å². The number of hydrogen-bond donors (Lipinski definition) is 4. The van der Waals surface area contributed by atoms with Crippen molar-refractivity contribution in [3.63, 3.8) is 0 Å². The molecule has 2 aromatic carbocycles. The van der Waals surface area contributed by atoms with E-state index in [0.717, 1.165) is 12.8 Å². The molecule has 184 valence electrons. The molecule has 0 unspecified atom stereocenters. The molecular formula is C22H21ClN4O7S. The number of amides is 3. The van der Waals surface area contributed by atoms with E-state index in [-0.39, 0.29) is 24.4 Å². The van der Waals surface area contributed by atoms with Crippen molar-refractivity contribution in [3.05, 3.63) is 59.2 Å². The maximum absolute atomic E-state index is 12.2. The van der Waals surface area contributed by atoms with Crippen molar-refractivity contribution in [3.8, 4) is 11.5 Å². The molecule has 1 saturated carbocycles. The molecule has 1 aliphatic carbocycles. The molecule has 0 aliphatic heterocycles. The highest BCUT2D eigenvalue weighted by atomic mass is 35.5. The monoisotopic (exact) mass is 520 g/mol. The minimum absolute atomic E-state index is 0.153. The Morgan fingerprint density at radius 1 is 1.11 bits per heavy atom. The predicted molar refractivity (Wildman–Crippen MR) is 128 cm³/mol. The normalized spacial score (nSPS) is 13.2. The Morgan fingerprint density at radius 2 is 1.91 bits per heavy atom. The number of nitrogens with zero attached hydrogens (tertiary/aromatic N) is 1. The number of ether oxygens (including phenoxy) is 2. The fraction of sp³-hybridized carbons (Fsp3) is 0.227. The van der Waals surface area contributed by atoms with Gasteiger partial charge in [-0.15, -0.1) is 0 Å². The van der Waals surface area contributed by atoms with Crippen molar-refractivity contribution >= 4 is 50.2 Å². The van der Waals surface area contributed by atoms with E-state index in [0.29, 0.717) is 33.1 Å². The number of aromatic nitrogens is 1. The van der Waals surface area contributed by atoms with E-state index in [9.17, 15) is 18.0 Å². The topological polar surface area (TPSA) is 156 Å². The van der Waals surface area contributed by atoms with Gasteiger partial charge in [0, 0.05) is 29.3 Å². The molecule has 35 heavy (non-hydrogen) atoms. The van der Waals surface area contributed by atoms with E-state index in [1.807, 2.05) is 0 Å². The van der Waals surface area contributed by atoms with E-state index in [2.05, 4.69) is 20.9 Å². The lowest BCUT2D eigenvalue weighted by atomic mass is 10.1. The zero-order chi connectivity index (χ0) is 25.0. The summed E-state index contributed by atoms with van der Waals surface area (Å²) in [5.41, 5.74) is 1.13. The summed E-state index contributed by atoms with van der Waals surface area (Å²) in [6, 6.07) is 10.8. The largest absolute Gasteiger partial charge is 0.457 e. The molecule has 11 nitrogen and oxygen atoms in total. The molecule has 1 heterocycles. The lowest BCUT2D eigenvalue weighted by Gasteiger charge is -2.13. The molecule has 4 N–H and O–H groups in total. The fourth-order valence-electron chi connectivity index (χ4n) is 3.07. The van der Waals surface area contributed by atoms with Gasteiger partial charge >= 0.3 is 6.03 Å². The first kappa shape index (κ1) is 24.5. The van der Waals surface area contributed by atoms with Gasteiger partial charge in [-0.1, -0.05) is 11.6 Å². The van der Waals surface area contributed by atoms with Crippen molar-refractivity contribution in [2.45, 2.75) is 18.9 Å². The lowest BCUT2D eigenvalue weighted by Crippen LogP contribution is -2.30. The minimum atomic E-state index is -4.35. The van der Waals surface area contributed by atoms with Crippen LogP contribution >= 0.6 is 11.6 Å². The van der Waals surface area contributed by atoms with Crippen LogP contribution in [-0.2, 0) is 10.1 Å². The van der Waals surface area contributed by atoms with Crippen LogP contribution in [0.15, 0.2) is 48.7 Å². The van der Waals surface area contributed by atoms with Crippen LogP contribution in [0.1, 0.15) is 23.2 Å². The molecule has 1 aliphatic rings. The Bertz CT molecular complexity index is 1380. The standard InChI is InChI=1S/C22H21ClN4O7S/c23-17-10-15(4-6-19(17)27-22(29)26-14-2-3-14)33-12-34-20-7-8-24-18-5-1-13(9-16(18)20)21(28)25-11-35(30,31)32/h1,4-10,14H,2-3,11-12H2,(H,25,28)(H2,26,27,29)(H,30,31,32). The zero-order valence-electron chi connectivity index (χ0n) is 18.2. The summed E-state index contributed by atoms with van der Waals surface area (Å²) in [4.78, 5) is 28.3. The van der Waals surface area contributed by atoms with Crippen LogP contribution in [0.3, 0.4) is 0 Å². The quantitative estimate of drug-likeness (QED) is 0.247. The Labute approximate surface area is 205 Å². The molecule has 0 spiro atoms. The van der Waals surface area contributed by atoms with Crippen LogP contribution in [0.5, 0.6) is 11.5 Å². The van der Waals surface area contributed by atoms with Gasteiger partial charge in [0.2, 0.25) is 6.79 Å². The van der Waals surface area contributed by atoms with Crippen LogP contribution in [-0.4, -0.2) is 48.6 Å². The minimum Gasteiger partial charge on any atom is -0.457 e. The second-order valence-corrected chi connectivity index (χ2v) is 9.55. The Kier molecular flexibility index (Phi) is 7.24. The number of hydrogen-bond acceptors (Lipinski definition) is 7. The number of fused-ring (bicyclic) bond motifs is 1. The highest BCUT2D eigenvalue weighted by Crippen LogP contribution is 2.28. The van der Waals surface area contributed by atoms with E-state index in [1.54, 1.807) is 30.3 Å². The van der Waals surface area contributed by atoms with Gasteiger partial charge in [0.15, 0.2) is 0 Å². The summed E-state index contributed by atoms with van der Waals surface area (Å²) in [7, 11) is -4.35. The molecule has 3 amide bonds. The van der Waals surface area contributed by atoms with E-state index >= 15 is 0 Å². The fourth-order valence-corrected chi connectivity index (χ4v) is 3.60. The van der Waals surface area contributed by atoms with Gasteiger partial charge in [-0.05, 0) is 49.2 Å². The van der Waals surface area contributed by atoms with Crippen LogP contribution in [0.4, 0.5) is 10.5 Å². The van der Waals surface area contributed by atoms with Crippen LogP contribution in [0, 0.1) is 0 Å². The highest BCUT2D eigenvalue weighted by molar-refractivity contribution is 7.85. The number of pyridine rings is 1. The third-order valence-electron chi connectivity index (χ3n) is 4.92. The van der Waals surface area contributed by atoms with Gasteiger partial charge < -0.3 is 25.4 Å². The van der Waals surface area contributed by atoms with Crippen LogP contribution in [0.2, 0.25) is 5.02 Å². The maximum Gasteiger partial charge on any atom is 0.319 e. The summed E-state index contributed by atoms with van der Waals surface area (Å²) in [6.07, 6.45) is 3.48. The molecule has 0 radical (unpaired) electrons. The maximum atomic E-state index is 12.2. The molecule has 1 fully saturated rings. The Balaban J connectivity index is 1.39. The third kappa shape index (κ3) is 6.94. The summed E-state index contributed by atoms with van der Waals surface area (Å²) < 4.78 is 41.8. The zero-order valence-corrected chi connectivity index (χ0v) is 19.7. The second kappa shape index (κ2) is 10.3. The Hall–Kier alpha value is -3.61. The van der Waals surface area contributed by atoms with Crippen LogP contribution < -0.4 is 25.4 Å². The molecule has 1 aromatic heterocycles. The SMILES string of the molecule is O=C(Nc1ccc(OCOc2ccnc3ccc(C(=O)NCS(=O)(=O)O)cc23)cc1Cl)NC1CC1. The number of benzene rings is 2. The summed E-state index contributed by atoms with van der Waals surface area (Å²) in [5, 5.41) is 8.40. The summed E-state index contributed by atoms with van der Waals surface area (Å²) >= 11 is 6.24. The van der Waals surface area contributed by atoms with Crippen molar-refractivity contribution in [1.82, 2.24) is 15.6 Å². The number of halogens is 1. The average Bonchev–Trinajstić information content (AvgIpc) is 3.62. The van der Waals surface area contributed by atoms with E-state index in [1.165, 1.54) is 18.3 Å². The first-order valence-electron chi connectivity index (χ1n) is 10.4. The molecule has 3 aromatic rings. The number of carbonyl (C=O) groups is 2. The van der Waals surface area contributed by atoms with Gasteiger partial charge in [0.1, 0.15) is 17.4 Å². The summed E-state index contributed by atoms with van der Waals surface area (Å²) in [6.45, 7) is -0.191. The first-order valence-corrected chi connectivity index (χ1v) is 12.4. The third-order valence-corrected chi connectivity index (χ3v) is 5.74. The van der Waals surface area contributed by atoms with Crippen molar-refractivity contribution in [2.75, 3.05) is 18.0 Å². The molecule has 0 bridgehead atoms. The number of urea groups is 1. The Morgan fingerprint density at radius 3 is 2.63 bits per heavy atom. The number of rotatable bonds is 9. The summed E-state index contributed by atoms with van der Waals surface area (Å²) in [5.74, 6) is -0.812. The smallest absolute Gasteiger partial charge is 0.319 e. The number of carbonyl (C=O) groups excluding carboxylic acids is 2. The average molecular weight is 521 g/mol. The van der Waals surface area contributed by atoms with Crippen molar-refractivity contribution in [2.24, 2.45) is 0 Å². The molecule has 4 rings (SSSR count). The van der Waals surface area contributed by atoms with Crippen molar-refractivity contribution in [1.29, 1.82) is 0 Å². The van der Waals surface area contributed by atoms with E-state index in [4.69, 9.17) is 25.6 Å². The molecule has 13 heteroatoms. The number of anilines is 1. The van der Waals surface area contributed by atoms with E-state index < -0.39 is 21.9 Å². The second-order valence-electron chi connectivity index (χ2n) is 7.69. The molecular weight excluding hydrogens is 500 g/mol. The predicted octanol–water partition coefficient (Wildman–Crippen LogP) is 3.16. The highest BCUT2D eigenvalue weighted by Gasteiger charge is 2.23. The first-order chi connectivity index (χ1) is 16.7. The van der Waals surface area contributed by atoms with Gasteiger partial charge in [-0.3, -0.25) is 14.3 Å². The van der Waals surface area contributed by atoms with Crippen molar-refractivity contribution < 1.29 is 32.0 Å². The van der Waals surface area contributed by atoms with Gasteiger partial charge in [0.25, 0.3) is 16.0 Å².